The highest BCUT2D eigenvalue weighted by atomic mass is 32.2. The summed E-state index contributed by atoms with van der Waals surface area (Å²) in [5.74, 6) is 0.308. The van der Waals surface area contributed by atoms with E-state index in [1.54, 1.807) is 16.7 Å². The first-order valence-corrected chi connectivity index (χ1v) is 12.8. The Hall–Kier alpha value is -3.05. The maximum atomic E-state index is 13.7. The molecule has 1 N–H and O–H groups in total. The lowest BCUT2D eigenvalue weighted by atomic mass is 9.86. The van der Waals surface area contributed by atoms with E-state index in [2.05, 4.69) is 50.4 Å². The van der Waals surface area contributed by atoms with Gasteiger partial charge in [-0.2, -0.15) is 0 Å². The molecule has 0 radical (unpaired) electrons. The highest BCUT2D eigenvalue weighted by Gasteiger charge is 2.43. The Balaban J connectivity index is 1.62. The molecular formula is C29H32N2O2S. The molecule has 1 fully saturated rings. The number of nitrogens with zero attached hydrogens (tertiary/aromatic N) is 1. The Morgan fingerprint density at radius 3 is 2.09 bits per heavy atom. The Kier molecular flexibility index (Phi) is 7.13. The average molecular weight is 473 g/mol. The van der Waals surface area contributed by atoms with Gasteiger partial charge < -0.3 is 10.2 Å². The minimum absolute atomic E-state index is 0.0525. The second-order valence-electron chi connectivity index (χ2n) is 9.79. The van der Waals surface area contributed by atoms with Crippen LogP contribution in [-0.4, -0.2) is 28.5 Å². The number of thioether (sulfide) groups is 1. The third-order valence-electron chi connectivity index (χ3n) is 6.28. The van der Waals surface area contributed by atoms with Crippen molar-refractivity contribution in [3.05, 3.63) is 107 Å². The van der Waals surface area contributed by atoms with Crippen molar-refractivity contribution in [2.45, 2.75) is 50.6 Å². The molecule has 0 saturated carbocycles. The molecule has 1 aliphatic heterocycles. The van der Waals surface area contributed by atoms with E-state index in [1.807, 2.05) is 67.6 Å². The van der Waals surface area contributed by atoms with E-state index in [-0.39, 0.29) is 28.6 Å². The third-order valence-corrected chi connectivity index (χ3v) is 7.60. The maximum Gasteiger partial charge on any atom is 0.255 e. The van der Waals surface area contributed by atoms with Crippen LogP contribution in [0.3, 0.4) is 0 Å². The van der Waals surface area contributed by atoms with Gasteiger partial charge in [-0.25, -0.2) is 0 Å². The van der Waals surface area contributed by atoms with Gasteiger partial charge in [-0.05, 0) is 41.2 Å². The van der Waals surface area contributed by atoms with Gasteiger partial charge in [0.05, 0.1) is 6.04 Å². The Bertz CT molecular complexity index is 1120. The molecule has 1 aliphatic rings. The van der Waals surface area contributed by atoms with Gasteiger partial charge in [0.2, 0.25) is 5.91 Å². The van der Waals surface area contributed by atoms with Gasteiger partial charge in [0.15, 0.2) is 0 Å². The zero-order valence-electron chi connectivity index (χ0n) is 20.2. The van der Waals surface area contributed by atoms with Crippen LogP contribution in [0.15, 0.2) is 84.9 Å². The largest absolute Gasteiger partial charge is 0.348 e. The molecule has 0 spiro atoms. The fourth-order valence-electron chi connectivity index (χ4n) is 4.23. The summed E-state index contributed by atoms with van der Waals surface area (Å²) >= 11 is 1.64. The summed E-state index contributed by atoms with van der Waals surface area (Å²) in [5.41, 5.74) is 3.96. The van der Waals surface area contributed by atoms with Crippen LogP contribution in [0.2, 0.25) is 0 Å². The highest BCUT2D eigenvalue weighted by Crippen LogP contribution is 2.43. The first-order valence-electron chi connectivity index (χ1n) is 11.7. The highest BCUT2D eigenvalue weighted by molar-refractivity contribution is 7.99. The monoisotopic (exact) mass is 472 g/mol. The van der Waals surface area contributed by atoms with Crippen molar-refractivity contribution in [2.24, 2.45) is 0 Å². The van der Waals surface area contributed by atoms with Gasteiger partial charge in [0.25, 0.3) is 5.91 Å². The number of nitrogens with one attached hydrogen (secondary N) is 1. The molecule has 34 heavy (non-hydrogen) atoms. The van der Waals surface area contributed by atoms with Crippen molar-refractivity contribution in [3.8, 4) is 0 Å². The van der Waals surface area contributed by atoms with E-state index in [0.29, 0.717) is 11.3 Å². The molecule has 4 rings (SSSR count). The molecule has 176 valence electrons. The number of carbonyl (C=O) groups excluding carboxylic acids is 2. The molecule has 0 aromatic heterocycles. The van der Waals surface area contributed by atoms with E-state index in [9.17, 15) is 9.59 Å². The van der Waals surface area contributed by atoms with Crippen LogP contribution in [-0.2, 0) is 10.2 Å². The minimum atomic E-state index is -0.545. The van der Waals surface area contributed by atoms with E-state index in [4.69, 9.17) is 0 Å². The molecule has 4 nitrogen and oxygen atoms in total. The van der Waals surface area contributed by atoms with E-state index in [1.165, 1.54) is 5.56 Å². The Labute approximate surface area is 206 Å². The zero-order valence-corrected chi connectivity index (χ0v) is 21.0. The van der Waals surface area contributed by atoms with E-state index in [0.717, 1.165) is 11.1 Å². The summed E-state index contributed by atoms with van der Waals surface area (Å²) in [6.07, 6.45) is 0. The lowest BCUT2D eigenvalue weighted by molar-refractivity contribution is -0.125. The van der Waals surface area contributed by atoms with E-state index >= 15 is 0 Å². The number of rotatable bonds is 5. The van der Waals surface area contributed by atoms with Crippen molar-refractivity contribution in [1.82, 2.24) is 10.2 Å². The Morgan fingerprint density at radius 1 is 0.912 bits per heavy atom. The predicted octanol–water partition coefficient (Wildman–Crippen LogP) is 6.12. The number of hydrogen-bond acceptors (Lipinski definition) is 3. The van der Waals surface area contributed by atoms with Crippen LogP contribution in [0.5, 0.6) is 0 Å². The molecule has 0 aliphatic carbocycles. The minimum Gasteiger partial charge on any atom is -0.348 e. The lowest BCUT2D eigenvalue weighted by Crippen LogP contribution is -2.48. The van der Waals surface area contributed by atoms with Gasteiger partial charge in [0, 0.05) is 11.3 Å². The first kappa shape index (κ1) is 24.1. The van der Waals surface area contributed by atoms with Gasteiger partial charge in [-0.1, -0.05) is 93.6 Å². The van der Waals surface area contributed by atoms with Crippen molar-refractivity contribution >= 4 is 23.6 Å². The SMILES string of the molecule is CC(NC(=O)C1CSC(c2ccc(C(C)(C)C)cc2)N1C(=O)c1ccccc1)c1ccccc1. The number of benzene rings is 3. The third kappa shape index (κ3) is 5.20. The summed E-state index contributed by atoms with van der Waals surface area (Å²) < 4.78 is 0. The van der Waals surface area contributed by atoms with Gasteiger partial charge in [-0.3, -0.25) is 9.59 Å². The van der Waals surface area contributed by atoms with Crippen molar-refractivity contribution in [2.75, 3.05) is 5.75 Å². The second kappa shape index (κ2) is 10.1. The summed E-state index contributed by atoms with van der Waals surface area (Å²) in [7, 11) is 0. The normalized spacial score (nSPS) is 19.0. The first-order chi connectivity index (χ1) is 16.3. The fraction of sp³-hybridized carbons (Fsp3) is 0.310. The number of hydrogen-bond donors (Lipinski definition) is 1. The topological polar surface area (TPSA) is 49.4 Å². The molecule has 1 saturated heterocycles. The van der Waals surface area contributed by atoms with Gasteiger partial charge in [-0.15, -0.1) is 11.8 Å². The lowest BCUT2D eigenvalue weighted by Gasteiger charge is -2.30. The van der Waals surface area contributed by atoms with Crippen LogP contribution >= 0.6 is 11.8 Å². The van der Waals surface area contributed by atoms with Crippen molar-refractivity contribution in [1.29, 1.82) is 0 Å². The fourth-order valence-corrected chi connectivity index (χ4v) is 5.65. The number of carbonyl (C=O) groups is 2. The second-order valence-corrected chi connectivity index (χ2v) is 10.9. The molecule has 0 bridgehead atoms. The molecule has 1 heterocycles. The van der Waals surface area contributed by atoms with Crippen LogP contribution < -0.4 is 5.32 Å². The van der Waals surface area contributed by atoms with E-state index < -0.39 is 6.04 Å². The summed E-state index contributed by atoms with van der Waals surface area (Å²) in [4.78, 5) is 28.8. The summed E-state index contributed by atoms with van der Waals surface area (Å²) in [6.45, 7) is 8.53. The van der Waals surface area contributed by atoms with Gasteiger partial charge >= 0.3 is 0 Å². The summed E-state index contributed by atoms with van der Waals surface area (Å²) in [6, 6.07) is 26.9. The van der Waals surface area contributed by atoms with Crippen LogP contribution in [0.25, 0.3) is 0 Å². The van der Waals surface area contributed by atoms with Crippen LogP contribution in [0, 0.1) is 0 Å². The molecule has 3 aromatic rings. The molecule has 2 amide bonds. The molecule has 3 atom stereocenters. The standard InChI is InChI=1S/C29H32N2O2S/c1-20(21-11-7-5-8-12-21)30-26(32)25-19-34-28(23-15-17-24(18-16-23)29(2,3)4)31(25)27(33)22-13-9-6-10-14-22/h5-18,20,25,28H,19H2,1-4H3,(H,30,32). The smallest absolute Gasteiger partial charge is 0.255 e. The number of amides is 2. The zero-order chi connectivity index (χ0) is 24.3. The molecular weight excluding hydrogens is 440 g/mol. The van der Waals surface area contributed by atoms with Gasteiger partial charge in [0.1, 0.15) is 11.4 Å². The quantitative estimate of drug-likeness (QED) is 0.487. The predicted molar refractivity (Wildman–Crippen MR) is 140 cm³/mol. The van der Waals surface area contributed by atoms with Crippen molar-refractivity contribution < 1.29 is 9.59 Å². The maximum absolute atomic E-state index is 13.7. The summed E-state index contributed by atoms with van der Waals surface area (Å²) in [5, 5.41) is 2.91. The average Bonchev–Trinajstić information content (AvgIpc) is 3.29. The Morgan fingerprint density at radius 2 is 1.50 bits per heavy atom. The molecule has 3 aromatic carbocycles. The van der Waals surface area contributed by atoms with Crippen LogP contribution in [0.1, 0.15) is 66.2 Å². The van der Waals surface area contributed by atoms with Crippen LogP contribution in [0.4, 0.5) is 0 Å². The molecule has 5 heteroatoms. The van der Waals surface area contributed by atoms with Crippen molar-refractivity contribution in [3.63, 3.8) is 0 Å². The molecule has 3 unspecified atom stereocenters.